The SMILES string of the molecule is CCCCCC/C=C\C/C=C\CCCCCCCC(=O)OC(COC(=O)CCCCCCC/C=C\CCCCCCCCC)COC(=O)CCCCCCCCCCCCCCCC/C=C\C/C=C\C/C=C\CCCCCCC. The fraction of sp³-hybridized carbons (Fsp3) is 0.795. The summed E-state index contributed by atoms with van der Waals surface area (Å²) in [4.78, 5) is 38.4. The number of allylic oxidation sites excluding steroid dienone is 12. The van der Waals surface area contributed by atoms with Crippen molar-refractivity contribution in [2.45, 2.75) is 361 Å². The van der Waals surface area contributed by atoms with E-state index in [-0.39, 0.29) is 31.1 Å². The van der Waals surface area contributed by atoms with Crippen molar-refractivity contribution < 1.29 is 28.6 Å². The molecule has 0 aromatic heterocycles. The first-order valence-electron chi connectivity index (χ1n) is 34.4. The van der Waals surface area contributed by atoms with E-state index in [0.717, 1.165) is 103 Å². The van der Waals surface area contributed by atoms with Crippen molar-refractivity contribution in [3.63, 3.8) is 0 Å². The summed E-state index contributed by atoms with van der Waals surface area (Å²) >= 11 is 0. The molecule has 0 saturated heterocycles. The smallest absolute Gasteiger partial charge is 0.306 e. The Morgan fingerprint density at radius 1 is 0.253 bits per heavy atom. The lowest BCUT2D eigenvalue weighted by Crippen LogP contribution is -2.30. The van der Waals surface area contributed by atoms with E-state index in [9.17, 15) is 14.4 Å². The van der Waals surface area contributed by atoms with E-state index in [0.29, 0.717) is 19.3 Å². The normalized spacial score (nSPS) is 12.5. The van der Waals surface area contributed by atoms with Gasteiger partial charge in [-0.2, -0.15) is 0 Å². The summed E-state index contributed by atoms with van der Waals surface area (Å²) in [5.74, 6) is -0.887. The third-order valence-electron chi connectivity index (χ3n) is 15.2. The van der Waals surface area contributed by atoms with Gasteiger partial charge in [0.2, 0.25) is 0 Å². The van der Waals surface area contributed by atoms with E-state index in [2.05, 4.69) is 93.7 Å². The standard InChI is InChI=1S/C73H130O6/c1-4-7-10-13-16-19-22-25-28-31-32-33-34-35-36-37-38-39-40-41-42-43-46-48-51-54-57-60-63-66-72(75)78-69-70(79-73(76)67-64-61-58-55-52-49-45-30-27-24-21-18-15-12-9-6-3)68-77-71(74)65-62-59-56-53-50-47-44-29-26-23-20-17-14-11-8-5-2/h21-22,24-25,29-32,34-35,44-45,70H,4-20,23,26-28,33,36-43,46-69H2,1-3H3/b24-21-,25-22-,32-31-,35-34-,44-29-,45-30-. The lowest BCUT2D eigenvalue weighted by molar-refractivity contribution is -0.167. The second kappa shape index (κ2) is 67.4. The molecule has 0 rings (SSSR count). The van der Waals surface area contributed by atoms with Crippen molar-refractivity contribution in [2.24, 2.45) is 0 Å². The van der Waals surface area contributed by atoms with Gasteiger partial charge in [-0.3, -0.25) is 14.4 Å². The Bertz CT molecular complexity index is 1450. The van der Waals surface area contributed by atoms with Crippen LogP contribution < -0.4 is 0 Å². The van der Waals surface area contributed by atoms with E-state index in [4.69, 9.17) is 14.2 Å². The highest BCUT2D eigenvalue weighted by molar-refractivity contribution is 5.71. The lowest BCUT2D eigenvalue weighted by atomic mass is 10.0. The van der Waals surface area contributed by atoms with Crippen LogP contribution in [0.4, 0.5) is 0 Å². The summed E-state index contributed by atoms with van der Waals surface area (Å²) in [7, 11) is 0. The number of carbonyl (C=O) groups excluding carboxylic acids is 3. The van der Waals surface area contributed by atoms with E-state index < -0.39 is 6.10 Å². The van der Waals surface area contributed by atoms with Crippen LogP contribution in [0.5, 0.6) is 0 Å². The molecule has 0 heterocycles. The van der Waals surface area contributed by atoms with Crippen molar-refractivity contribution in [1.82, 2.24) is 0 Å². The largest absolute Gasteiger partial charge is 0.462 e. The van der Waals surface area contributed by atoms with Crippen molar-refractivity contribution in [3.8, 4) is 0 Å². The molecule has 0 fully saturated rings. The molecular formula is C73H130O6. The van der Waals surface area contributed by atoms with Gasteiger partial charge in [0, 0.05) is 19.3 Å². The highest BCUT2D eigenvalue weighted by atomic mass is 16.6. The minimum absolute atomic E-state index is 0.0818. The van der Waals surface area contributed by atoms with Crippen LogP contribution in [0.15, 0.2) is 72.9 Å². The Balaban J connectivity index is 4.27. The second-order valence-electron chi connectivity index (χ2n) is 23.1. The molecule has 0 amide bonds. The van der Waals surface area contributed by atoms with Crippen molar-refractivity contribution in [2.75, 3.05) is 13.2 Å². The Morgan fingerprint density at radius 2 is 0.456 bits per heavy atom. The molecule has 6 heteroatoms. The molecule has 458 valence electrons. The number of ether oxygens (including phenoxy) is 3. The van der Waals surface area contributed by atoms with Gasteiger partial charge in [0.05, 0.1) is 0 Å². The molecule has 0 aliphatic rings. The number of esters is 3. The number of carbonyl (C=O) groups is 3. The molecule has 0 aliphatic heterocycles. The van der Waals surface area contributed by atoms with Crippen molar-refractivity contribution in [1.29, 1.82) is 0 Å². The van der Waals surface area contributed by atoms with Crippen LogP contribution in [-0.4, -0.2) is 37.2 Å². The van der Waals surface area contributed by atoms with Gasteiger partial charge in [-0.15, -0.1) is 0 Å². The van der Waals surface area contributed by atoms with Gasteiger partial charge in [0.1, 0.15) is 13.2 Å². The number of hydrogen-bond acceptors (Lipinski definition) is 6. The summed E-state index contributed by atoms with van der Waals surface area (Å²) < 4.78 is 16.9. The van der Waals surface area contributed by atoms with Crippen LogP contribution in [0.2, 0.25) is 0 Å². The molecule has 0 N–H and O–H groups in total. The van der Waals surface area contributed by atoms with Crippen LogP contribution in [-0.2, 0) is 28.6 Å². The molecule has 0 aliphatic carbocycles. The zero-order valence-electron chi connectivity index (χ0n) is 52.6. The summed E-state index contributed by atoms with van der Waals surface area (Å²) in [6, 6.07) is 0. The summed E-state index contributed by atoms with van der Waals surface area (Å²) in [6.07, 6.45) is 87.8. The Labute approximate surface area is 491 Å². The second-order valence-corrected chi connectivity index (χ2v) is 23.1. The molecule has 6 nitrogen and oxygen atoms in total. The maximum Gasteiger partial charge on any atom is 0.306 e. The zero-order chi connectivity index (χ0) is 57.1. The summed E-state index contributed by atoms with van der Waals surface area (Å²) in [5.41, 5.74) is 0. The topological polar surface area (TPSA) is 78.9 Å². The number of hydrogen-bond donors (Lipinski definition) is 0. The van der Waals surface area contributed by atoms with Gasteiger partial charge in [-0.25, -0.2) is 0 Å². The number of unbranched alkanes of at least 4 members (excludes halogenated alkanes) is 40. The molecule has 1 atom stereocenters. The molecule has 1 unspecified atom stereocenters. The van der Waals surface area contributed by atoms with Gasteiger partial charge >= 0.3 is 17.9 Å². The predicted molar refractivity (Wildman–Crippen MR) is 344 cm³/mol. The fourth-order valence-corrected chi connectivity index (χ4v) is 9.95. The van der Waals surface area contributed by atoms with E-state index in [1.54, 1.807) is 0 Å². The average molecular weight is 1100 g/mol. The number of rotatable bonds is 63. The van der Waals surface area contributed by atoms with E-state index in [1.165, 1.54) is 212 Å². The highest BCUT2D eigenvalue weighted by Crippen LogP contribution is 2.17. The first kappa shape index (κ1) is 75.8. The van der Waals surface area contributed by atoms with Crippen molar-refractivity contribution >= 4 is 17.9 Å². The fourth-order valence-electron chi connectivity index (χ4n) is 9.95. The monoisotopic (exact) mass is 1100 g/mol. The summed E-state index contributed by atoms with van der Waals surface area (Å²) in [6.45, 7) is 6.63. The Morgan fingerprint density at radius 3 is 0.734 bits per heavy atom. The first-order valence-corrected chi connectivity index (χ1v) is 34.4. The minimum atomic E-state index is -0.787. The molecule has 0 aromatic carbocycles. The zero-order valence-corrected chi connectivity index (χ0v) is 52.6. The molecule has 0 radical (unpaired) electrons. The van der Waals surface area contributed by atoms with E-state index >= 15 is 0 Å². The van der Waals surface area contributed by atoms with Gasteiger partial charge in [-0.1, -0.05) is 293 Å². The highest BCUT2D eigenvalue weighted by Gasteiger charge is 2.19. The quantitative estimate of drug-likeness (QED) is 0.0261. The molecule has 79 heavy (non-hydrogen) atoms. The summed E-state index contributed by atoms with van der Waals surface area (Å²) in [5, 5.41) is 0. The molecular weight excluding hydrogens is 973 g/mol. The van der Waals surface area contributed by atoms with Crippen LogP contribution in [0, 0.1) is 0 Å². The van der Waals surface area contributed by atoms with E-state index in [1.807, 2.05) is 0 Å². The van der Waals surface area contributed by atoms with Gasteiger partial charge in [0.15, 0.2) is 6.10 Å². The first-order chi connectivity index (χ1) is 39.0. The molecule has 0 aromatic rings. The third kappa shape index (κ3) is 65.5. The molecule has 0 saturated carbocycles. The molecule has 0 spiro atoms. The van der Waals surface area contributed by atoms with Gasteiger partial charge < -0.3 is 14.2 Å². The lowest BCUT2D eigenvalue weighted by Gasteiger charge is -2.18. The Hall–Kier alpha value is -3.15. The predicted octanol–water partition coefficient (Wildman–Crippen LogP) is 23.7. The minimum Gasteiger partial charge on any atom is -0.462 e. The molecule has 0 bridgehead atoms. The maximum atomic E-state index is 12.9. The van der Waals surface area contributed by atoms with Crippen molar-refractivity contribution in [3.05, 3.63) is 72.9 Å². The van der Waals surface area contributed by atoms with Crippen LogP contribution in [0.25, 0.3) is 0 Å². The average Bonchev–Trinajstić information content (AvgIpc) is 3.45. The van der Waals surface area contributed by atoms with Crippen LogP contribution in [0.3, 0.4) is 0 Å². The Kier molecular flexibility index (Phi) is 64.7. The maximum absolute atomic E-state index is 12.9. The third-order valence-corrected chi connectivity index (χ3v) is 15.2. The van der Waals surface area contributed by atoms with Gasteiger partial charge in [0.25, 0.3) is 0 Å². The van der Waals surface area contributed by atoms with Crippen LogP contribution in [0.1, 0.15) is 355 Å². The van der Waals surface area contributed by atoms with Gasteiger partial charge in [-0.05, 0) is 116 Å². The van der Waals surface area contributed by atoms with Crippen LogP contribution >= 0.6 is 0 Å².